The average molecular weight is 264 g/mol. The van der Waals surface area contributed by atoms with Crippen molar-refractivity contribution in [2.45, 2.75) is 38.1 Å². The normalized spacial score (nSPS) is 42.4. The Balaban J connectivity index is 1.25. The van der Waals surface area contributed by atoms with Crippen LogP contribution in [-0.2, 0) is 9.53 Å². The van der Waals surface area contributed by atoms with E-state index in [4.69, 9.17) is 4.74 Å². The van der Waals surface area contributed by atoms with Gasteiger partial charge in [-0.3, -0.25) is 9.69 Å². The quantitative estimate of drug-likeness (QED) is 0.712. The van der Waals surface area contributed by atoms with Crippen molar-refractivity contribution >= 4 is 5.97 Å². The number of ether oxygens (including phenoxy) is 1. The highest BCUT2D eigenvalue weighted by atomic mass is 16.5. The molecular weight excluding hydrogens is 240 g/mol. The van der Waals surface area contributed by atoms with E-state index in [-0.39, 0.29) is 11.4 Å². The summed E-state index contributed by atoms with van der Waals surface area (Å²) in [5, 5.41) is 0. The smallest absolute Gasteiger partial charge is 0.311 e. The Morgan fingerprint density at radius 1 is 1.16 bits per heavy atom. The number of carbonyl (C=O) groups excluding carboxylic acids is 1. The number of nitrogens with zero attached hydrogens (tertiary/aromatic N) is 2. The first-order valence-corrected chi connectivity index (χ1v) is 7.70. The molecule has 1 heterocycles. The van der Waals surface area contributed by atoms with E-state index >= 15 is 0 Å². The second-order valence-corrected chi connectivity index (χ2v) is 7.35. The molecule has 0 atom stereocenters. The zero-order valence-corrected chi connectivity index (χ0v) is 11.9. The van der Waals surface area contributed by atoms with Crippen LogP contribution in [0.2, 0.25) is 0 Å². The van der Waals surface area contributed by atoms with Crippen LogP contribution in [0.25, 0.3) is 0 Å². The minimum atomic E-state index is -0.0649. The summed E-state index contributed by atoms with van der Waals surface area (Å²) in [5.41, 5.74) is 0.403. The van der Waals surface area contributed by atoms with Gasteiger partial charge in [0.1, 0.15) is 0 Å². The van der Waals surface area contributed by atoms with Crippen LogP contribution in [0.15, 0.2) is 0 Å². The summed E-state index contributed by atoms with van der Waals surface area (Å²) >= 11 is 0. The minimum absolute atomic E-state index is 0.0351. The lowest BCUT2D eigenvalue weighted by molar-refractivity contribution is -0.231. The first-order chi connectivity index (χ1) is 9.15. The molecule has 19 heavy (non-hydrogen) atoms. The van der Waals surface area contributed by atoms with E-state index in [1.807, 2.05) is 0 Å². The third-order valence-electron chi connectivity index (χ3n) is 5.79. The van der Waals surface area contributed by atoms with Crippen LogP contribution < -0.4 is 0 Å². The molecule has 5 rings (SSSR count). The molecule has 1 saturated heterocycles. The summed E-state index contributed by atoms with van der Waals surface area (Å²) in [6.45, 7) is 6.17. The molecule has 0 N–H and O–H groups in total. The second-order valence-electron chi connectivity index (χ2n) is 7.35. The number of hydrogen-bond donors (Lipinski definition) is 0. The van der Waals surface area contributed by atoms with Crippen molar-refractivity contribution in [2.24, 2.45) is 10.8 Å². The molecule has 2 bridgehead atoms. The second kappa shape index (κ2) is 3.95. The monoisotopic (exact) mass is 264 g/mol. The summed E-state index contributed by atoms with van der Waals surface area (Å²) in [7, 11) is 1.52. The van der Waals surface area contributed by atoms with Crippen LogP contribution in [0.1, 0.15) is 32.1 Å². The van der Waals surface area contributed by atoms with Crippen molar-refractivity contribution in [3.63, 3.8) is 0 Å². The molecule has 0 unspecified atom stereocenters. The number of esters is 1. The van der Waals surface area contributed by atoms with Gasteiger partial charge in [-0.2, -0.15) is 0 Å². The molecule has 0 spiro atoms. The van der Waals surface area contributed by atoms with E-state index in [1.165, 1.54) is 52.7 Å². The highest BCUT2D eigenvalue weighted by Crippen LogP contribution is 2.73. The highest BCUT2D eigenvalue weighted by Gasteiger charge is 2.72. The molecule has 0 amide bonds. The van der Waals surface area contributed by atoms with E-state index in [9.17, 15) is 4.79 Å². The molecule has 4 aliphatic carbocycles. The Morgan fingerprint density at radius 3 is 2.32 bits per heavy atom. The van der Waals surface area contributed by atoms with Gasteiger partial charge >= 0.3 is 5.97 Å². The molecule has 4 saturated carbocycles. The number of rotatable bonds is 4. The Bertz CT molecular complexity index is 377. The molecular formula is C15H24N2O2. The Morgan fingerprint density at radius 2 is 1.79 bits per heavy atom. The molecule has 5 aliphatic rings. The zero-order valence-electron chi connectivity index (χ0n) is 11.9. The van der Waals surface area contributed by atoms with Gasteiger partial charge in [-0.25, -0.2) is 0 Å². The Hall–Kier alpha value is -0.610. The van der Waals surface area contributed by atoms with Crippen molar-refractivity contribution < 1.29 is 9.53 Å². The van der Waals surface area contributed by atoms with Gasteiger partial charge < -0.3 is 9.64 Å². The molecule has 106 valence electrons. The summed E-state index contributed by atoms with van der Waals surface area (Å²) in [5.74, 6) is 0.0351. The summed E-state index contributed by atoms with van der Waals surface area (Å²) < 4.78 is 4.92. The van der Waals surface area contributed by atoms with Crippen molar-refractivity contribution in [2.75, 3.05) is 39.8 Å². The predicted molar refractivity (Wildman–Crippen MR) is 71.8 cm³/mol. The standard InChI is InChI=1S/C15H24N2O2/c1-19-13(18)15-8-14(9-15,10-15)11-16-4-6-17(7-5-16)12-2-3-12/h12H,2-11H2,1H3. The van der Waals surface area contributed by atoms with Gasteiger partial charge in [0.15, 0.2) is 0 Å². The van der Waals surface area contributed by atoms with Crippen LogP contribution >= 0.6 is 0 Å². The van der Waals surface area contributed by atoms with Gasteiger partial charge in [-0.15, -0.1) is 0 Å². The lowest BCUT2D eigenvalue weighted by Gasteiger charge is -2.69. The predicted octanol–water partition coefficient (Wildman–Crippen LogP) is 1.11. The van der Waals surface area contributed by atoms with Crippen LogP contribution in [0.4, 0.5) is 0 Å². The van der Waals surface area contributed by atoms with E-state index in [2.05, 4.69) is 9.80 Å². The maximum atomic E-state index is 11.7. The van der Waals surface area contributed by atoms with Crippen molar-refractivity contribution in [3.05, 3.63) is 0 Å². The van der Waals surface area contributed by atoms with Crippen LogP contribution in [0.3, 0.4) is 0 Å². The van der Waals surface area contributed by atoms with Crippen molar-refractivity contribution in [1.82, 2.24) is 9.80 Å². The number of carbonyl (C=O) groups is 1. The third-order valence-corrected chi connectivity index (χ3v) is 5.79. The fourth-order valence-electron chi connectivity index (χ4n) is 4.80. The van der Waals surface area contributed by atoms with Crippen LogP contribution in [-0.4, -0.2) is 61.6 Å². The molecule has 0 radical (unpaired) electrons. The summed E-state index contributed by atoms with van der Waals surface area (Å²) in [4.78, 5) is 17.0. The maximum Gasteiger partial charge on any atom is 0.311 e. The number of methoxy groups -OCH3 is 1. The number of piperazine rings is 1. The largest absolute Gasteiger partial charge is 0.469 e. The molecule has 0 aromatic carbocycles. The number of hydrogen-bond acceptors (Lipinski definition) is 4. The fourth-order valence-corrected chi connectivity index (χ4v) is 4.80. The van der Waals surface area contributed by atoms with E-state index < -0.39 is 0 Å². The molecule has 4 heteroatoms. The molecule has 1 aliphatic heterocycles. The lowest BCUT2D eigenvalue weighted by atomic mass is 9.35. The van der Waals surface area contributed by atoms with Gasteiger partial charge in [0.25, 0.3) is 0 Å². The molecule has 5 fully saturated rings. The van der Waals surface area contributed by atoms with Crippen LogP contribution in [0, 0.1) is 10.8 Å². The topological polar surface area (TPSA) is 32.8 Å². The highest BCUT2D eigenvalue weighted by molar-refractivity contribution is 5.81. The van der Waals surface area contributed by atoms with E-state index in [0.717, 1.165) is 25.3 Å². The molecule has 0 aromatic heterocycles. The Labute approximate surface area is 115 Å². The summed E-state index contributed by atoms with van der Waals surface area (Å²) in [6, 6.07) is 0.916. The van der Waals surface area contributed by atoms with E-state index in [1.54, 1.807) is 0 Å². The van der Waals surface area contributed by atoms with Crippen molar-refractivity contribution in [1.29, 1.82) is 0 Å². The first kappa shape index (κ1) is 12.2. The summed E-state index contributed by atoms with van der Waals surface area (Å²) in [6.07, 6.45) is 6.08. The van der Waals surface area contributed by atoms with E-state index in [0.29, 0.717) is 5.41 Å². The Kier molecular flexibility index (Phi) is 2.53. The van der Waals surface area contributed by atoms with Gasteiger partial charge in [0.05, 0.1) is 12.5 Å². The SMILES string of the molecule is COC(=O)C12CC(CN3CCN(C4CC4)CC3)(C1)C2. The third kappa shape index (κ3) is 1.83. The maximum absolute atomic E-state index is 11.7. The fraction of sp³-hybridized carbons (Fsp3) is 0.933. The van der Waals surface area contributed by atoms with Crippen LogP contribution in [0.5, 0.6) is 0 Å². The van der Waals surface area contributed by atoms with Gasteiger partial charge in [-0.05, 0) is 37.5 Å². The van der Waals surface area contributed by atoms with Gasteiger partial charge in [-0.1, -0.05) is 0 Å². The zero-order chi connectivity index (χ0) is 13.1. The average Bonchev–Trinajstić information content (AvgIpc) is 3.16. The lowest BCUT2D eigenvalue weighted by Crippen LogP contribution is -2.69. The minimum Gasteiger partial charge on any atom is -0.469 e. The molecule has 0 aromatic rings. The molecule has 4 nitrogen and oxygen atoms in total. The first-order valence-electron chi connectivity index (χ1n) is 7.70. The van der Waals surface area contributed by atoms with Gasteiger partial charge in [0.2, 0.25) is 0 Å². The van der Waals surface area contributed by atoms with Gasteiger partial charge in [0, 0.05) is 38.8 Å². The van der Waals surface area contributed by atoms with Crippen molar-refractivity contribution in [3.8, 4) is 0 Å².